The molecule has 96 valence electrons. The summed E-state index contributed by atoms with van der Waals surface area (Å²) < 4.78 is 2.07. The van der Waals surface area contributed by atoms with Gasteiger partial charge in [0.1, 0.15) is 11.8 Å². The van der Waals surface area contributed by atoms with Gasteiger partial charge in [-0.1, -0.05) is 0 Å². The molecule has 2 aromatic rings. The molecule has 0 aliphatic heterocycles. The van der Waals surface area contributed by atoms with Crippen molar-refractivity contribution in [2.75, 3.05) is 0 Å². The van der Waals surface area contributed by atoms with E-state index in [0.29, 0.717) is 10.2 Å². The molecule has 1 aromatic heterocycles. The van der Waals surface area contributed by atoms with Gasteiger partial charge in [-0.25, -0.2) is 4.98 Å². The van der Waals surface area contributed by atoms with Gasteiger partial charge in [-0.15, -0.1) is 0 Å². The molecule has 1 heterocycles. The first kappa shape index (κ1) is 14.2. The minimum atomic E-state index is -0.610. The lowest BCUT2D eigenvalue weighted by atomic mass is 10.1. The third-order valence-corrected chi connectivity index (χ3v) is 5.09. The average Bonchev–Trinajstić information content (AvgIpc) is 2.70. The molecule has 19 heavy (non-hydrogen) atoms. The van der Waals surface area contributed by atoms with Gasteiger partial charge >= 0.3 is 5.82 Å². The Morgan fingerprint density at radius 2 is 1.95 bits per heavy atom. The van der Waals surface area contributed by atoms with E-state index in [-0.39, 0.29) is 11.4 Å². The minimum Gasteiger partial charge on any atom is -0.358 e. The van der Waals surface area contributed by atoms with Crippen molar-refractivity contribution in [2.24, 2.45) is 0 Å². The predicted molar refractivity (Wildman–Crippen MR) is 80.7 cm³/mol. The van der Waals surface area contributed by atoms with Crippen LogP contribution in [0.1, 0.15) is 5.56 Å². The molecule has 0 spiro atoms. The summed E-state index contributed by atoms with van der Waals surface area (Å²) in [4.78, 5) is 12.9. The summed E-state index contributed by atoms with van der Waals surface area (Å²) in [5.74, 6) is -0.316. The highest BCUT2D eigenvalue weighted by molar-refractivity contribution is 9.13. The summed E-state index contributed by atoms with van der Waals surface area (Å²) in [7, 11) is 0. The molecule has 0 radical (unpaired) electrons. The second-order valence-electron chi connectivity index (χ2n) is 3.54. The van der Waals surface area contributed by atoms with Crippen LogP contribution in [0, 0.1) is 21.4 Å². The molecule has 2 rings (SSSR count). The van der Waals surface area contributed by atoms with Crippen molar-refractivity contribution in [1.82, 2.24) is 4.98 Å². The lowest BCUT2D eigenvalue weighted by molar-refractivity contribution is -0.389. The number of benzene rings is 1. The van der Waals surface area contributed by atoms with E-state index in [2.05, 4.69) is 52.8 Å². The van der Waals surface area contributed by atoms with Crippen LogP contribution in [0.3, 0.4) is 0 Å². The van der Waals surface area contributed by atoms with Crippen molar-refractivity contribution >= 4 is 53.6 Å². The zero-order valence-corrected chi connectivity index (χ0v) is 13.8. The van der Waals surface area contributed by atoms with Gasteiger partial charge in [0.05, 0.1) is 4.47 Å². The molecule has 0 amide bonds. The topological polar surface area (TPSA) is 82.7 Å². The van der Waals surface area contributed by atoms with Gasteiger partial charge in [-0.2, -0.15) is 5.26 Å². The number of H-pyrrole nitrogens is 1. The zero-order valence-electron chi connectivity index (χ0n) is 9.08. The van der Waals surface area contributed by atoms with Gasteiger partial charge in [0.25, 0.3) is 0 Å². The van der Waals surface area contributed by atoms with Crippen LogP contribution in [0.2, 0.25) is 0 Å². The lowest BCUT2D eigenvalue weighted by Crippen LogP contribution is -1.90. The van der Waals surface area contributed by atoms with Gasteiger partial charge in [0.15, 0.2) is 5.56 Å². The standard InChI is InChI=1S/C11H4Br3N3O2/c12-7-2-1-5(3-8(7)13)10-9(14)6(4-15)11(16-10)17(18)19/h1-3,16H. The number of aromatic amines is 1. The van der Waals surface area contributed by atoms with Gasteiger partial charge < -0.3 is 10.1 Å². The lowest BCUT2D eigenvalue weighted by Gasteiger charge is -1.99. The molecule has 8 heteroatoms. The number of nitriles is 1. The van der Waals surface area contributed by atoms with E-state index in [4.69, 9.17) is 5.26 Å². The number of nitro groups is 1. The molecule has 1 aromatic carbocycles. The SMILES string of the molecule is N#Cc1c([N+](=O)[O-])[nH]c(-c2ccc(Br)c(Br)c2)c1Br. The second-order valence-corrected chi connectivity index (χ2v) is 6.04. The maximum atomic E-state index is 10.9. The Morgan fingerprint density at radius 1 is 1.26 bits per heavy atom. The molecule has 5 nitrogen and oxygen atoms in total. The van der Waals surface area contributed by atoms with Gasteiger partial charge in [-0.05, 0) is 70.9 Å². The van der Waals surface area contributed by atoms with Crippen molar-refractivity contribution in [3.05, 3.63) is 47.3 Å². The highest BCUT2D eigenvalue weighted by Crippen LogP contribution is 2.37. The van der Waals surface area contributed by atoms with E-state index in [9.17, 15) is 10.1 Å². The van der Waals surface area contributed by atoms with Gasteiger partial charge in [0, 0.05) is 14.5 Å². The predicted octanol–water partition coefficient (Wildman–Crippen LogP) is 4.75. The molecule has 0 bridgehead atoms. The molecular formula is C11H4Br3N3O2. The molecule has 0 saturated heterocycles. The van der Waals surface area contributed by atoms with Gasteiger partial charge in [0.2, 0.25) is 0 Å². The van der Waals surface area contributed by atoms with Crippen molar-refractivity contribution in [3.8, 4) is 17.3 Å². The minimum absolute atomic E-state index is 0.0148. The number of nitrogens with zero attached hydrogens (tertiary/aromatic N) is 2. The molecule has 0 saturated carbocycles. The molecular weight excluding hydrogens is 446 g/mol. The van der Waals surface area contributed by atoms with Crippen LogP contribution in [0.4, 0.5) is 5.82 Å². The number of halogens is 3. The smallest absolute Gasteiger partial charge is 0.340 e. The maximum Gasteiger partial charge on any atom is 0.340 e. The quantitative estimate of drug-likeness (QED) is 0.530. The molecule has 0 aliphatic carbocycles. The number of rotatable bonds is 2. The molecule has 0 unspecified atom stereocenters. The molecule has 0 atom stereocenters. The normalized spacial score (nSPS) is 10.2. The first-order valence-electron chi connectivity index (χ1n) is 4.87. The van der Waals surface area contributed by atoms with E-state index in [1.165, 1.54) is 0 Å². The van der Waals surface area contributed by atoms with Crippen LogP contribution in [-0.4, -0.2) is 9.91 Å². The van der Waals surface area contributed by atoms with Crippen molar-refractivity contribution in [2.45, 2.75) is 0 Å². The first-order chi connectivity index (χ1) is 8.95. The Kier molecular flexibility index (Phi) is 4.08. The number of aromatic nitrogens is 1. The summed E-state index contributed by atoms with van der Waals surface area (Å²) >= 11 is 9.94. The van der Waals surface area contributed by atoms with E-state index < -0.39 is 4.92 Å². The Balaban J connectivity index is 2.67. The van der Waals surface area contributed by atoms with Crippen LogP contribution in [0.5, 0.6) is 0 Å². The highest BCUT2D eigenvalue weighted by Gasteiger charge is 2.25. The van der Waals surface area contributed by atoms with Crippen LogP contribution in [0.25, 0.3) is 11.3 Å². The maximum absolute atomic E-state index is 10.9. The number of hydrogen-bond acceptors (Lipinski definition) is 3. The second kappa shape index (κ2) is 5.45. The van der Waals surface area contributed by atoms with E-state index in [0.717, 1.165) is 14.5 Å². The summed E-state index contributed by atoms with van der Waals surface area (Å²) in [6.07, 6.45) is 0. The number of hydrogen-bond donors (Lipinski definition) is 1. The third-order valence-electron chi connectivity index (χ3n) is 2.42. The fraction of sp³-hybridized carbons (Fsp3) is 0. The summed E-state index contributed by atoms with van der Waals surface area (Å²) in [6.45, 7) is 0. The summed E-state index contributed by atoms with van der Waals surface area (Å²) in [5.41, 5.74) is 1.21. The summed E-state index contributed by atoms with van der Waals surface area (Å²) in [6, 6.07) is 7.22. The average molecular weight is 450 g/mol. The fourth-order valence-corrected chi connectivity index (χ4v) is 2.78. The largest absolute Gasteiger partial charge is 0.358 e. The molecule has 0 fully saturated rings. The Bertz CT molecular complexity index is 719. The summed E-state index contributed by atoms with van der Waals surface area (Å²) in [5, 5.41) is 19.9. The van der Waals surface area contributed by atoms with Gasteiger partial charge in [-0.3, -0.25) is 0 Å². The van der Waals surface area contributed by atoms with Crippen molar-refractivity contribution < 1.29 is 4.92 Å². The van der Waals surface area contributed by atoms with Crippen molar-refractivity contribution in [1.29, 1.82) is 5.26 Å². The monoisotopic (exact) mass is 447 g/mol. The van der Waals surface area contributed by atoms with E-state index in [1.807, 2.05) is 12.1 Å². The fourth-order valence-electron chi connectivity index (χ4n) is 1.55. The number of nitrogens with one attached hydrogen (secondary N) is 1. The van der Waals surface area contributed by atoms with Crippen LogP contribution < -0.4 is 0 Å². The highest BCUT2D eigenvalue weighted by atomic mass is 79.9. The van der Waals surface area contributed by atoms with Crippen LogP contribution in [-0.2, 0) is 0 Å². The van der Waals surface area contributed by atoms with E-state index in [1.54, 1.807) is 12.1 Å². The zero-order chi connectivity index (χ0) is 14.2. The Hall–Kier alpha value is -1.17. The van der Waals surface area contributed by atoms with E-state index >= 15 is 0 Å². The van der Waals surface area contributed by atoms with Crippen LogP contribution in [0.15, 0.2) is 31.6 Å². The molecule has 0 aliphatic rings. The van der Waals surface area contributed by atoms with Crippen molar-refractivity contribution in [3.63, 3.8) is 0 Å². The molecule has 1 N–H and O–H groups in total. The third kappa shape index (κ3) is 2.59. The Morgan fingerprint density at radius 3 is 2.42 bits per heavy atom. The first-order valence-corrected chi connectivity index (χ1v) is 7.25. The van der Waals surface area contributed by atoms with Crippen LogP contribution >= 0.6 is 47.8 Å². The Labute approximate surface area is 133 Å².